The van der Waals surface area contributed by atoms with Crippen LogP contribution in [0.5, 0.6) is 0 Å². The Hall–Kier alpha value is -1.17. The lowest BCUT2D eigenvalue weighted by Gasteiger charge is -2.04. The lowest BCUT2D eigenvalue weighted by molar-refractivity contribution is 0.0525. The van der Waals surface area contributed by atoms with E-state index in [4.69, 9.17) is 16.3 Å². The van der Waals surface area contributed by atoms with Gasteiger partial charge in [-0.15, -0.1) is 0 Å². The molecule has 0 saturated carbocycles. The number of aryl methyl sites for hydroxylation is 2. The molecule has 0 aliphatic heterocycles. The molecule has 0 spiro atoms. The zero-order chi connectivity index (χ0) is 17.9. The predicted octanol–water partition coefficient (Wildman–Crippen LogP) is 5.18. The first-order chi connectivity index (χ1) is 11.5. The van der Waals surface area contributed by atoms with E-state index in [1.54, 1.807) is 14.0 Å². The molecule has 1 heterocycles. The number of aromatic nitrogens is 2. The Kier molecular flexibility index (Phi) is 9.91. The molecule has 138 valence electrons. The maximum Gasteiger partial charge on any atom is 0.343 e. The number of hydrogen-bond donors (Lipinski definition) is 0. The minimum Gasteiger partial charge on any atom is -0.462 e. The van der Waals surface area contributed by atoms with Gasteiger partial charge in [-0.1, -0.05) is 43.7 Å². The topological polar surface area (TPSA) is 44.1 Å². The van der Waals surface area contributed by atoms with Gasteiger partial charge in [0.15, 0.2) is 0 Å². The molecule has 0 N–H and O–H groups in total. The molecule has 0 saturated heterocycles. The first kappa shape index (κ1) is 20.9. The van der Waals surface area contributed by atoms with Crippen molar-refractivity contribution in [1.29, 1.82) is 0 Å². The fourth-order valence-electron chi connectivity index (χ4n) is 2.61. The standard InChI is InChI=1S/C17H27ClF2N2O2/c1-3-24-17(23)15-13(21-22(2)16(15)18)11-9-7-5-4-6-8-10-12-14(19)20/h14H,3-12H2,1-2H3. The second kappa shape index (κ2) is 11.4. The number of unbranched alkanes of at least 4 members (excludes halogenated alkanes) is 6. The van der Waals surface area contributed by atoms with Crippen molar-refractivity contribution < 1.29 is 18.3 Å². The van der Waals surface area contributed by atoms with E-state index in [9.17, 15) is 13.6 Å². The van der Waals surface area contributed by atoms with Crippen molar-refractivity contribution in [2.45, 2.75) is 71.1 Å². The van der Waals surface area contributed by atoms with Crippen LogP contribution in [0.2, 0.25) is 5.15 Å². The highest BCUT2D eigenvalue weighted by atomic mass is 35.5. The van der Waals surface area contributed by atoms with E-state index in [-0.39, 0.29) is 6.42 Å². The fraction of sp³-hybridized carbons (Fsp3) is 0.765. The fourth-order valence-corrected chi connectivity index (χ4v) is 2.84. The molecule has 0 bridgehead atoms. The van der Waals surface area contributed by atoms with Gasteiger partial charge >= 0.3 is 5.97 Å². The number of halogens is 3. The van der Waals surface area contributed by atoms with Gasteiger partial charge in [0.25, 0.3) is 0 Å². The zero-order valence-corrected chi connectivity index (χ0v) is 15.2. The lowest BCUT2D eigenvalue weighted by Crippen LogP contribution is -2.07. The Labute approximate surface area is 147 Å². The van der Waals surface area contributed by atoms with Gasteiger partial charge in [-0.25, -0.2) is 13.6 Å². The first-order valence-corrected chi connectivity index (χ1v) is 9.01. The van der Waals surface area contributed by atoms with Crippen LogP contribution in [-0.4, -0.2) is 28.8 Å². The molecule has 1 aromatic heterocycles. The third kappa shape index (κ3) is 7.16. The average Bonchev–Trinajstić information content (AvgIpc) is 2.80. The smallest absolute Gasteiger partial charge is 0.343 e. The van der Waals surface area contributed by atoms with E-state index in [1.165, 1.54) is 4.68 Å². The highest BCUT2D eigenvalue weighted by Crippen LogP contribution is 2.22. The molecule has 0 atom stereocenters. The van der Waals surface area contributed by atoms with E-state index in [0.717, 1.165) is 38.5 Å². The van der Waals surface area contributed by atoms with Crippen LogP contribution in [0.15, 0.2) is 0 Å². The monoisotopic (exact) mass is 364 g/mol. The Morgan fingerprint density at radius 2 is 1.75 bits per heavy atom. The minimum atomic E-state index is -2.18. The molecule has 1 aromatic rings. The molecule has 7 heteroatoms. The summed E-state index contributed by atoms with van der Waals surface area (Å²) in [4.78, 5) is 12.0. The number of esters is 1. The van der Waals surface area contributed by atoms with Crippen LogP contribution >= 0.6 is 11.6 Å². The molecule has 0 radical (unpaired) electrons. The summed E-state index contributed by atoms with van der Waals surface area (Å²) in [5, 5.41) is 4.61. The van der Waals surface area contributed by atoms with Gasteiger partial charge < -0.3 is 4.74 Å². The highest BCUT2D eigenvalue weighted by Gasteiger charge is 2.22. The second-order valence-corrected chi connectivity index (χ2v) is 6.22. The van der Waals surface area contributed by atoms with Gasteiger partial charge in [0.2, 0.25) is 6.43 Å². The van der Waals surface area contributed by atoms with Gasteiger partial charge in [0, 0.05) is 13.5 Å². The van der Waals surface area contributed by atoms with Gasteiger partial charge in [-0.05, 0) is 26.2 Å². The molecule has 0 unspecified atom stereocenters. The Morgan fingerprint density at radius 1 is 1.17 bits per heavy atom. The van der Waals surface area contributed by atoms with Gasteiger partial charge in [0.05, 0.1) is 12.3 Å². The van der Waals surface area contributed by atoms with Gasteiger partial charge in [-0.2, -0.15) is 5.10 Å². The van der Waals surface area contributed by atoms with E-state index in [1.807, 2.05) is 0 Å². The molecule has 24 heavy (non-hydrogen) atoms. The summed E-state index contributed by atoms with van der Waals surface area (Å²) in [7, 11) is 1.70. The van der Waals surface area contributed by atoms with Crippen molar-refractivity contribution in [2.75, 3.05) is 6.61 Å². The number of alkyl halides is 2. The molecule has 0 amide bonds. The minimum absolute atomic E-state index is 0.0110. The van der Waals surface area contributed by atoms with E-state index in [0.29, 0.717) is 35.9 Å². The van der Waals surface area contributed by atoms with Crippen molar-refractivity contribution in [3.05, 3.63) is 16.4 Å². The molecule has 4 nitrogen and oxygen atoms in total. The number of nitrogens with zero attached hydrogens (tertiary/aromatic N) is 2. The first-order valence-electron chi connectivity index (χ1n) is 8.64. The van der Waals surface area contributed by atoms with E-state index in [2.05, 4.69) is 5.10 Å². The SMILES string of the molecule is CCOC(=O)c1c(CCCCCCCCCC(F)F)nn(C)c1Cl. The van der Waals surface area contributed by atoms with Crippen LogP contribution in [0.25, 0.3) is 0 Å². The Morgan fingerprint density at radius 3 is 2.33 bits per heavy atom. The van der Waals surface area contributed by atoms with E-state index >= 15 is 0 Å². The third-order valence-corrected chi connectivity index (χ3v) is 4.30. The number of hydrogen-bond acceptors (Lipinski definition) is 3. The van der Waals surface area contributed by atoms with Crippen molar-refractivity contribution in [1.82, 2.24) is 9.78 Å². The quantitative estimate of drug-likeness (QED) is 0.379. The number of carbonyl (C=O) groups excluding carboxylic acids is 1. The highest BCUT2D eigenvalue weighted by molar-refractivity contribution is 6.32. The maximum atomic E-state index is 12.0. The van der Waals surface area contributed by atoms with Crippen molar-refractivity contribution in [3.63, 3.8) is 0 Å². The lowest BCUT2D eigenvalue weighted by atomic mass is 10.1. The number of ether oxygens (including phenoxy) is 1. The number of rotatable bonds is 12. The van der Waals surface area contributed by atoms with Gasteiger partial charge in [-0.3, -0.25) is 4.68 Å². The predicted molar refractivity (Wildman–Crippen MR) is 90.8 cm³/mol. The summed E-state index contributed by atoms with van der Waals surface area (Å²) in [5.41, 5.74) is 1.05. The normalized spacial score (nSPS) is 11.2. The van der Waals surface area contributed by atoms with Crippen molar-refractivity contribution in [3.8, 4) is 0 Å². The zero-order valence-electron chi connectivity index (χ0n) is 14.5. The summed E-state index contributed by atoms with van der Waals surface area (Å²) in [6.07, 6.45) is 5.03. The van der Waals surface area contributed by atoms with Crippen molar-refractivity contribution >= 4 is 17.6 Å². The van der Waals surface area contributed by atoms with Crippen molar-refractivity contribution in [2.24, 2.45) is 7.05 Å². The molecule has 0 aliphatic rings. The molecule has 1 rings (SSSR count). The van der Waals surface area contributed by atoms with Gasteiger partial charge in [0.1, 0.15) is 10.7 Å². The van der Waals surface area contributed by atoms with E-state index < -0.39 is 12.4 Å². The van der Waals surface area contributed by atoms with Crippen LogP contribution in [-0.2, 0) is 18.2 Å². The molecule has 0 fully saturated rings. The van der Waals surface area contributed by atoms with Crippen LogP contribution in [0, 0.1) is 0 Å². The summed E-state index contributed by atoms with van der Waals surface area (Å²) in [6.45, 7) is 2.05. The largest absolute Gasteiger partial charge is 0.462 e. The second-order valence-electron chi connectivity index (χ2n) is 5.86. The summed E-state index contributed by atoms with van der Waals surface area (Å²) in [5.74, 6) is -0.426. The molecule has 0 aromatic carbocycles. The summed E-state index contributed by atoms with van der Waals surface area (Å²) < 4.78 is 30.5. The molecular formula is C17H27ClF2N2O2. The maximum absolute atomic E-state index is 12.0. The Bertz CT molecular complexity index is 507. The van der Waals surface area contributed by atoms with Crippen LogP contribution < -0.4 is 0 Å². The summed E-state index contributed by atoms with van der Waals surface area (Å²) >= 11 is 6.12. The average molecular weight is 365 g/mol. The Balaban J connectivity index is 2.28. The third-order valence-electron chi connectivity index (χ3n) is 3.87. The molecular weight excluding hydrogens is 338 g/mol. The van der Waals surface area contributed by atoms with Crippen LogP contribution in [0.1, 0.15) is 74.3 Å². The molecule has 0 aliphatic carbocycles. The van der Waals surface area contributed by atoms with Crippen LogP contribution in [0.3, 0.4) is 0 Å². The van der Waals surface area contributed by atoms with Crippen LogP contribution in [0.4, 0.5) is 8.78 Å². The summed E-state index contributed by atoms with van der Waals surface area (Å²) in [6, 6.07) is 0. The number of carbonyl (C=O) groups is 1.